The Hall–Kier alpha value is -0.550. The van der Waals surface area contributed by atoms with Crippen molar-refractivity contribution in [2.24, 2.45) is 0 Å². The fourth-order valence-corrected chi connectivity index (χ4v) is 3.35. The Kier molecular flexibility index (Phi) is 20.0. The van der Waals surface area contributed by atoms with E-state index in [-0.39, 0.29) is 0 Å². The van der Waals surface area contributed by atoms with Crippen molar-refractivity contribution >= 4 is 5.94 Å². The highest BCUT2D eigenvalue weighted by molar-refractivity contribution is 5.52. The Morgan fingerprint density at radius 1 is 0.500 bits per heavy atom. The fraction of sp³-hybridized carbons (Fsp3) is 0.913. The molecule has 0 bridgehead atoms. The zero-order valence-corrected chi connectivity index (χ0v) is 16.8. The molecule has 1 nitrogen and oxygen atoms in total. The van der Waals surface area contributed by atoms with Gasteiger partial charge >= 0.3 is 0 Å². The maximum absolute atomic E-state index is 11.0. The molecule has 0 radical (unpaired) electrons. The van der Waals surface area contributed by atoms with Crippen molar-refractivity contribution in [1.82, 2.24) is 0 Å². The van der Waals surface area contributed by atoms with E-state index in [1.54, 1.807) is 0 Å². The SMILES string of the molecule is CCCCCCCCCCCCC(=C=O)CCCCCCCCC. The number of hydrogen-bond donors (Lipinski definition) is 0. The molecule has 0 rings (SSSR count). The molecule has 0 aromatic carbocycles. The highest BCUT2D eigenvalue weighted by atomic mass is 16.1. The molecule has 0 aliphatic rings. The highest BCUT2D eigenvalue weighted by Crippen LogP contribution is 2.17. The number of rotatable bonds is 19. The first-order valence-corrected chi connectivity index (χ1v) is 11.1. The van der Waals surface area contributed by atoms with Crippen LogP contribution < -0.4 is 0 Å². The summed E-state index contributed by atoms with van der Waals surface area (Å²) in [6.07, 6.45) is 24.8. The molecule has 0 N–H and O–H groups in total. The third-order valence-electron chi connectivity index (χ3n) is 5.06. The molecular formula is C23H44O. The van der Waals surface area contributed by atoms with Gasteiger partial charge in [0.05, 0.1) is 0 Å². The first-order chi connectivity index (χ1) is 11.8. The Bertz CT molecular complexity index is 288. The van der Waals surface area contributed by atoms with Crippen LogP contribution in [0.5, 0.6) is 0 Å². The molecule has 0 aliphatic heterocycles. The van der Waals surface area contributed by atoms with Crippen molar-refractivity contribution in [2.75, 3.05) is 0 Å². The van der Waals surface area contributed by atoms with Gasteiger partial charge in [-0.1, -0.05) is 110 Å². The molecule has 0 aromatic rings. The predicted octanol–water partition coefficient (Wildman–Crippen LogP) is 8.20. The standard InChI is InChI=1S/C23H44O/c1-3-5-7-9-11-12-13-15-17-19-21-23(22-24)20-18-16-14-10-8-6-4-2/h3-21H2,1-2H3. The van der Waals surface area contributed by atoms with E-state index in [0.29, 0.717) is 0 Å². The van der Waals surface area contributed by atoms with Crippen molar-refractivity contribution in [3.05, 3.63) is 5.57 Å². The molecule has 0 unspecified atom stereocenters. The van der Waals surface area contributed by atoms with Crippen LogP contribution >= 0.6 is 0 Å². The van der Waals surface area contributed by atoms with Gasteiger partial charge in [-0.25, -0.2) is 4.79 Å². The second-order valence-electron chi connectivity index (χ2n) is 7.51. The van der Waals surface area contributed by atoms with Gasteiger partial charge in [-0.05, 0) is 25.7 Å². The lowest BCUT2D eigenvalue weighted by Crippen LogP contribution is -1.89. The summed E-state index contributed by atoms with van der Waals surface area (Å²) >= 11 is 0. The molecule has 1 heteroatoms. The lowest BCUT2D eigenvalue weighted by atomic mass is 10.0. The summed E-state index contributed by atoms with van der Waals surface area (Å²) in [7, 11) is 0. The Labute approximate surface area is 152 Å². The van der Waals surface area contributed by atoms with Gasteiger partial charge in [-0.2, -0.15) is 0 Å². The number of allylic oxidation sites excluding steroid dienone is 1. The normalized spacial score (nSPS) is 10.8. The van der Waals surface area contributed by atoms with E-state index in [2.05, 4.69) is 19.8 Å². The quantitative estimate of drug-likeness (QED) is 0.171. The van der Waals surface area contributed by atoms with Gasteiger partial charge in [-0.15, -0.1) is 0 Å². The summed E-state index contributed by atoms with van der Waals surface area (Å²) in [5.41, 5.74) is 1.04. The second-order valence-corrected chi connectivity index (χ2v) is 7.51. The molecule has 0 saturated carbocycles. The van der Waals surface area contributed by atoms with Crippen molar-refractivity contribution < 1.29 is 4.79 Å². The maximum atomic E-state index is 11.0. The minimum Gasteiger partial charge on any atom is -0.234 e. The first-order valence-electron chi connectivity index (χ1n) is 11.1. The van der Waals surface area contributed by atoms with Crippen LogP contribution in [0, 0.1) is 0 Å². The first kappa shape index (κ1) is 23.4. The van der Waals surface area contributed by atoms with Crippen molar-refractivity contribution in [3.63, 3.8) is 0 Å². The van der Waals surface area contributed by atoms with Crippen LogP contribution in [-0.2, 0) is 4.79 Å². The maximum Gasteiger partial charge on any atom is 0.123 e. The van der Waals surface area contributed by atoms with Gasteiger partial charge in [-0.3, -0.25) is 0 Å². The zero-order chi connectivity index (χ0) is 17.7. The van der Waals surface area contributed by atoms with Gasteiger partial charge in [0, 0.05) is 5.57 Å². The van der Waals surface area contributed by atoms with E-state index >= 15 is 0 Å². The van der Waals surface area contributed by atoms with Gasteiger partial charge in [0.25, 0.3) is 0 Å². The van der Waals surface area contributed by atoms with E-state index < -0.39 is 0 Å². The van der Waals surface area contributed by atoms with E-state index in [1.165, 1.54) is 109 Å². The van der Waals surface area contributed by atoms with Crippen LogP contribution in [0.25, 0.3) is 0 Å². The number of hydrogen-bond acceptors (Lipinski definition) is 1. The van der Waals surface area contributed by atoms with Crippen LogP contribution in [0.15, 0.2) is 5.57 Å². The summed E-state index contributed by atoms with van der Waals surface area (Å²) in [6, 6.07) is 0. The molecule has 0 saturated heterocycles. The molecule has 0 amide bonds. The average Bonchev–Trinajstić information content (AvgIpc) is 2.60. The molecule has 0 atom stereocenters. The molecule has 0 heterocycles. The van der Waals surface area contributed by atoms with Crippen molar-refractivity contribution in [1.29, 1.82) is 0 Å². The topological polar surface area (TPSA) is 17.1 Å². The Morgan fingerprint density at radius 2 is 0.792 bits per heavy atom. The minimum atomic E-state index is 0.995. The summed E-state index contributed by atoms with van der Waals surface area (Å²) in [6.45, 7) is 4.53. The van der Waals surface area contributed by atoms with E-state index in [1.807, 2.05) is 0 Å². The Balaban J connectivity index is 3.33. The average molecular weight is 337 g/mol. The van der Waals surface area contributed by atoms with E-state index in [0.717, 1.165) is 18.4 Å². The number of carbonyl (C=O) groups excluding carboxylic acids is 1. The molecule has 24 heavy (non-hydrogen) atoms. The van der Waals surface area contributed by atoms with Crippen LogP contribution in [0.2, 0.25) is 0 Å². The molecule has 0 aromatic heterocycles. The van der Waals surface area contributed by atoms with Crippen LogP contribution in [0.1, 0.15) is 136 Å². The zero-order valence-electron chi connectivity index (χ0n) is 16.8. The largest absolute Gasteiger partial charge is 0.234 e. The monoisotopic (exact) mass is 336 g/mol. The number of unbranched alkanes of at least 4 members (excludes halogenated alkanes) is 15. The molecule has 0 spiro atoms. The summed E-state index contributed by atoms with van der Waals surface area (Å²) in [4.78, 5) is 11.0. The van der Waals surface area contributed by atoms with E-state index in [4.69, 9.17) is 0 Å². The fourth-order valence-electron chi connectivity index (χ4n) is 3.35. The second kappa shape index (κ2) is 20.5. The van der Waals surface area contributed by atoms with E-state index in [9.17, 15) is 4.79 Å². The van der Waals surface area contributed by atoms with Gasteiger partial charge in [0.15, 0.2) is 0 Å². The third-order valence-corrected chi connectivity index (χ3v) is 5.06. The van der Waals surface area contributed by atoms with Gasteiger partial charge in [0.2, 0.25) is 0 Å². The summed E-state index contributed by atoms with van der Waals surface area (Å²) in [5.74, 6) is 2.21. The van der Waals surface area contributed by atoms with Crippen molar-refractivity contribution in [3.8, 4) is 0 Å². The van der Waals surface area contributed by atoms with Gasteiger partial charge in [0.1, 0.15) is 5.94 Å². The lowest BCUT2D eigenvalue weighted by molar-refractivity contribution is 0.545. The Morgan fingerprint density at radius 3 is 1.08 bits per heavy atom. The van der Waals surface area contributed by atoms with Crippen LogP contribution in [0.4, 0.5) is 0 Å². The molecule has 0 fully saturated rings. The lowest BCUT2D eigenvalue weighted by Gasteiger charge is -2.05. The van der Waals surface area contributed by atoms with Crippen molar-refractivity contribution in [2.45, 2.75) is 136 Å². The molecule has 0 aliphatic carbocycles. The van der Waals surface area contributed by atoms with Crippen LogP contribution in [0.3, 0.4) is 0 Å². The smallest absolute Gasteiger partial charge is 0.123 e. The summed E-state index contributed by atoms with van der Waals surface area (Å²) in [5, 5.41) is 0. The van der Waals surface area contributed by atoms with Crippen LogP contribution in [-0.4, -0.2) is 5.94 Å². The third kappa shape index (κ3) is 17.8. The molecular weight excluding hydrogens is 292 g/mol. The predicted molar refractivity (Wildman–Crippen MR) is 108 cm³/mol. The minimum absolute atomic E-state index is 0.995. The highest BCUT2D eigenvalue weighted by Gasteiger charge is 2.00. The van der Waals surface area contributed by atoms with Gasteiger partial charge < -0.3 is 0 Å². The summed E-state index contributed by atoms with van der Waals surface area (Å²) < 4.78 is 0. The molecule has 142 valence electrons.